The van der Waals surface area contributed by atoms with Gasteiger partial charge in [0.25, 0.3) is 0 Å². The van der Waals surface area contributed by atoms with Crippen LogP contribution >= 0.6 is 0 Å². The quantitative estimate of drug-likeness (QED) is 0.813. The Morgan fingerprint density at radius 3 is 2.52 bits per heavy atom. The lowest BCUT2D eigenvalue weighted by Crippen LogP contribution is -2.45. The zero-order chi connectivity index (χ0) is 14.5. The number of nitrogens with one attached hydrogen (secondary N) is 1. The summed E-state index contributed by atoms with van der Waals surface area (Å²) in [6.07, 6.45) is 0.957. The van der Waals surface area contributed by atoms with E-state index >= 15 is 0 Å². The number of rotatable bonds is 4. The van der Waals surface area contributed by atoms with Crippen LogP contribution in [0.5, 0.6) is 0 Å². The monoisotopic (exact) mass is 288 g/mol. The van der Waals surface area contributed by atoms with Crippen LogP contribution < -0.4 is 10.2 Å². The number of hydrogen-bond donors (Lipinski definition) is 1. The molecular weight excluding hydrogens is 264 g/mol. The van der Waals surface area contributed by atoms with Crippen molar-refractivity contribution in [2.45, 2.75) is 6.54 Å². The molecule has 0 bridgehead atoms. The molecule has 0 radical (unpaired) electrons. The van der Waals surface area contributed by atoms with E-state index in [1.54, 1.807) is 0 Å². The fourth-order valence-corrected chi connectivity index (χ4v) is 3.06. The third-order valence-corrected chi connectivity index (χ3v) is 4.35. The first-order chi connectivity index (χ1) is 10.3. The second-order valence-electron chi connectivity index (χ2n) is 5.82. The van der Waals surface area contributed by atoms with Gasteiger partial charge in [0.05, 0.1) is 0 Å². The van der Waals surface area contributed by atoms with E-state index in [0.29, 0.717) is 0 Å². The van der Waals surface area contributed by atoms with E-state index in [0.717, 1.165) is 65.3 Å². The minimum Gasteiger partial charge on any atom is -0.368 e. The molecule has 0 aromatic heterocycles. The minimum absolute atomic E-state index is 0.825. The number of carbonyl (C=O) groups is 1. The largest absolute Gasteiger partial charge is 0.368 e. The van der Waals surface area contributed by atoms with Crippen molar-refractivity contribution in [1.82, 2.24) is 15.1 Å². The molecule has 2 aliphatic rings. The van der Waals surface area contributed by atoms with Crippen molar-refractivity contribution in [3.63, 3.8) is 0 Å². The zero-order valence-electron chi connectivity index (χ0n) is 12.5. The van der Waals surface area contributed by atoms with Crippen molar-refractivity contribution in [3.8, 4) is 0 Å². The Morgan fingerprint density at radius 2 is 1.81 bits per heavy atom. The number of nitrogens with zero attached hydrogens (tertiary/aromatic N) is 3. The maximum absolute atomic E-state index is 10.8. The lowest BCUT2D eigenvalue weighted by molar-refractivity contribution is -0.118. The van der Waals surface area contributed by atoms with E-state index in [9.17, 15) is 4.79 Å². The summed E-state index contributed by atoms with van der Waals surface area (Å²) in [7, 11) is 0. The molecule has 1 amide bonds. The molecule has 3 rings (SSSR count). The summed E-state index contributed by atoms with van der Waals surface area (Å²) < 4.78 is 0. The van der Waals surface area contributed by atoms with Crippen molar-refractivity contribution in [1.29, 1.82) is 0 Å². The Labute approximate surface area is 126 Å². The summed E-state index contributed by atoms with van der Waals surface area (Å²) in [4.78, 5) is 17.5. The van der Waals surface area contributed by atoms with Crippen molar-refractivity contribution in [3.05, 3.63) is 29.8 Å². The molecule has 0 atom stereocenters. The molecule has 0 saturated carbocycles. The summed E-state index contributed by atoms with van der Waals surface area (Å²) in [5.74, 6) is 0. The SMILES string of the molecule is O=CN1CCN(c2cccc(CN3CCNCC3)c2)CC1. The molecule has 1 aromatic carbocycles. The van der Waals surface area contributed by atoms with Crippen molar-refractivity contribution in [2.24, 2.45) is 0 Å². The first-order valence-electron chi connectivity index (χ1n) is 7.81. The maximum atomic E-state index is 10.8. The van der Waals surface area contributed by atoms with Crippen LogP contribution in [0.3, 0.4) is 0 Å². The average molecular weight is 288 g/mol. The summed E-state index contributed by atoms with van der Waals surface area (Å²) in [6, 6.07) is 8.85. The van der Waals surface area contributed by atoms with Crippen molar-refractivity contribution in [2.75, 3.05) is 57.3 Å². The van der Waals surface area contributed by atoms with Crippen molar-refractivity contribution < 1.29 is 4.79 Å². The Kier molecular flexibility index (Phi) is 4.72. The van der Waals surface area contributed by atoms with E-state index < -0.39 is 0 Å². The second kappa shape index (κ2) is 6.91. The molecule has 2 fully saturated rings. The van der Waals surface area contributed by atoms with Gasteiger partial charge in [0.2, 0.25) is 6.41 Å². The molecule has 5 heteroatoms. The third-order valence-electron chi connectivity index (χ3n) is 4.35. The molecule has 1 N–H and O–H groups in total. The first kappa shape index (κ1) is 14.4. The van der Waals surface area contributed by atoms with Gasteiger partial charge in [-0.25, -0.2) is 0 Å². The van der Waals surface area contributed by atoms with Crippen LogP contribution in [-0.2, 0) is 11.3 Å². The maximum Gasteiger partial charge on any atom is 0.209 e. The van der Waals surface area contributed by atoms with Gasteiger partial charge in [-0.2, -0.15) is 0 Å². The van der Waals surface area contributed by atoms with Crippen LogP contribution in [0.15, 0.2) is 24.3 Å². The molecule has 0 aliphatic carbocycles. The fourth-order valence-electron chi connectivity index (χ4n) is 3.06. The topological polar surface area (TPSA) is 38.8 Å². The molecule has 21 heavy (non-hydrogen) atoms. The van der Waals surface area contributed by atoms with Gasteiger partial charge in [-0.15, -0.1) is 0 Å². The predicted octanol–water partition coefficient (Wildman–Crippen LogP) is 0.370. The van der Waals surface area contributed by atoms with Crippen LogP contribution in [0, 0.1) is 0 Å². The highest BCUT2D eigenvalue weighted by atomic mass is 16.1. The standard InChI is InChI=1S/C16H24N4O/c21-14-19-8-10-20(11-9-19)16-3-1-2-15(12-16)13-18-6-4-17-5-7-18/h1-3,12,14,17H,4-11,13H2. The van der Waals surface area contributed by atoms with E-state index in [4.69, 9.17) is 0 Å². The van der Waals surface area contributed by atoms with Crippen LogP contribution in [0.25, 0.3) is 0 Å². The second-order valence-corrected chi connectivity index (χ2v) is 5.82. The fraction of sp³-hybridized carbons (Fsp3) is 0.562. The van der Waals surface area contributed by atoms with Gasteiger partial charge < -0.3 is 15.1 Å². The number of carbonyl (C=O) groups excluding carboxylic acids is 1. The van der Waals surface area contributed by atoms with Gasteiger partial charge in [-0.3, -0.25) is 9.69 Å². The number of anilines is 1. The van der Waals surface area contributed by atoms with Gasteiger partial charge in [0, 0.05) is 64.6 Å². The summed E-state index contributed by atoms with van der Waals surface area (Å²) >= 11 is 0. The highest BCUT2D eigenvalue weighted by molar-refractivity contribution is 5.52. The van der Waals surface area contributed by atoms with E-state index in [-0.39, 0.29) is 0 Å². The average Bonchev–Trinajstić information content (AvgIpc) is 2.56. The van der Waals surface area contributed by atoms with E-state index in [2.05, 4.69) is 39.4 Å². The molecule has 114 valence electrons. The molecule has 2 aliphatic heterocycles. The lowest BCUT2D eigenvalue weighted by atomic mass is 10.1. The highest BCUT2D eigenvalue weighted by Crippen LogP contribution is 2.19. The Bertz CT molecular complexity index is 465. The molecular formula is C16H24N4O. The minimum atomic E-state index is 0.825. The van der Waals surface area contributed by atoms with Gasteiger partial charge in [-0.05, 0) is 17.7 Å². The number of hydrogen-bond acceptors (Lipinski definition) is 4. The molecule has 2 heterocycles. The molecule has 1 aromatic rings. The molecule has 2 saturated heterocycles. The highest BCUT2D eigenvalue weighted by Gasteiger charge is 2.16. The van der Waals surface area contributed by atoms with Crippen LogP contribution in [-0.4, -0.2) is 68.6 Å². The van der Waals surface area contributed by atoms with E-state index in [1.165, 1.54) is 11.3 Å². The summed E-state index contributed by atoms with van der Waals surface area (Å²) in [5, 5.41) is 3.39. The van der Waals surface area contributed by atoms with Crippen molar-refractivity contribution >= 4 is 12.1 Å². The predicted molar refractivity (Wildman–Crippen MR) is 84.4 cm³/mol. The Balaban J connectivity index is 1.61. The smallest absolute Gasteiger partial charge is 0.209 e. The number of amides is 1. The van der Waals surface area contributed by atoms with Gasteiger partial charge in [-0.1, -0.05) is 12.1 Å². The lowest BCUT2D eigenvalue weighted by Gasteiger charge is -2.34. The Hall–Kier alpha value is -1.59. The van der Waals surface area contributed by atoms with Gasteiger partial charge in [0.1, 0.15) is 0 Å². The van der Waals surface area contributed by atoms with Crippen LogP contribution in [0.1, 0.15) is 5.56 Å². The summed E-state index contributed by atoms with van der Waals surface area (Å²) in [5.41, 5.74) is 2.67. The zero-order valence-corrected chi connectivity index (χ0v) is 12.5. The van der Waals surface area contributed by atoms with Crippen LogP contribution in [0.4, 0.5) is 5.69 Å². The molecule has 0 unspecified atom stereocenters. The number of benzene rings is 1. The first-order valence-corrected chi connectivity index (χ1v) is 7.81. The Morgan fingerprint density at radius 1 is 1.05 bits per heavy atom. The molecule has 5 nitrogen and oxygen atoms in total. The third kappa shape index (κ3) is 3.74. The van der Waals surface area contributed by atoms with E-state index in [1.807, 2.05) is 4.90 Å². The number of piperazine rings is 2. The van der Waals surface area contributed by atoms with Gasteiger partial charge >= 0.3 is 0 Å². The summed E-state index contributed by atoms with van der Waals surface area (Å²) in [6.45, 7) is 8.97. The van der Waals surface area contributed by atoms with Crippen LogP contribution in [0.2, 0.25) is 0 Å². The molecule has 0 spiro atoms. The van der Waals surface area contributed by atoms with Gasteiger partial charge in [0.15, 0.2) is 0 Å². The normalized spacial score (nSPS) is 20.6.